The number of rotatable bonds is 8. The molecule has 1 aromatic carbocycles. The van der Waals surface area contributed by atoms with E-state index in [0.717, 1.165) is 12.8 Å². The highest BCUT2D eigenvalue weighted by atomic mass is 28.3. The molecule has 0 spiro atoms. The van der Waals surface area contributed by atoms with Crippen LogP contribution in [0.15, 0.2) is 24.3 Å². The van der Waals surface area contributed by atoms with Crippen LogP contribution in [0.25, 0.3) is 0 Å². The summed E-state index contributed by atoms with van der Waals surface area (Å²) >= 11 is 0. The van der Waals surface area contributed by atoms with Crippen LogP contribution in [-0.4, -0.2) is 8.07 Å². The van der Waals surface area contributed by atoms with Crippen LogP contribution in [-0.2, 0) is 5.41 Å². The highest BCUT2D eigenvalue weighted by Crippen LogP contribution is 2.42. The van der Waals surface area contributed by atoms with Gasteiger partial charge in [-0.15, -0.1) is 0 Å². The largest absolute Gasteiger partial charge is 0.197 e. The van der Waals surface area contributed by atoms with Crippen molar-refractivity contribution >= 4 is 13.3 Å². The van der Waals surface area contributed by atoms with Gasteiger partial charge in [-0.3, -0.25) is 0 Å². The lowest BCUT2D eigenvalue weighted by atomic mass is 9.63. The number of nitrogens with zero attached hydrogens (tertiary/aromatic N) is 1. The van der Waals surface area contributed by atoms with Crippen LogP contribution in [0.3, 0.4) is 0 Å². The molecule has 140 valence electrons. The Morgan fingerprint density at radius 2 is 1.44 bits per heavy atom. The third-order valence-corrected chi connectivity index (χ3v) is 13.7. The fraction of sp³-hybridized carbons (Fsp3) is 0.696. The van der Waals surface area contributed by atoms with E-state index in [1.807, 2.05) is 0 Å². The quantitative estimate of drug-likeness (QED) is 0.478. The topological polar surface area (TPSA) is 23.8 Å². The van der Waals surface area contributed by atoms with Gasteiger partial charge >= 0.3 is 0 Å². The van der Waals surface area contributed by atoms with E-state index < -0.39 is 8.07 Å². The maximum absolute atomic E-state index is 10.3. The van der Waals surface area contributed by atoms with Crippen LogP contribution < -0.4 is 5.19 Å². The zero-order chi connectivity index (χ0) is 19.4. The van der Waals surface area contributed by atoms with Crippen molar-refractivity contribution in [3.05, 3.63) is 29.8 Å². The first-order valence-corrected chi connectivity index (χ1v) is 12.8. The fourth-order valence-corrected chi connectivity index (χ4v) is 8.02. The molecule has 0 aromatic heterocycles. The Morgan fingerprint density at radius 3 is 1.80 bits per heavy atom. The van der Waals surface area contributed by atoms with Crippen molar-refractivity contribution in [2.75, 3.05) is 0 Å². The Morgan fingerprint density at radius 1 is 0.960 bits per heavy atom. The van der Waals surface area contributed by atoms with Gasteiger partial charge in [0.1, 0.15) is 0 Å². The predicted octanol–water partition coefficient (Wildman–Crippen LogP) is 6.65. The molecule has 1 aromatic rings. The van der Waals surface area contributed by atoms with Crippen molar-refractivity contribution < 1.29 is 0 Å². The molecular formula is C23H39NSi. The molecule has 0 saturated heterocycles. The summed E-state index contributed by atoms with van der Waals surface area (Å²) in [5.41, 5.74) is 2.23. The smallest absolute Gasteiger partial charge is 0.0887 e. The van der Waals surface area contributed by atoms with Crippen molar-refractivity contribution in [3.63, 3.8) is 0 Å². The standard InChI is InChI=1S/C23H39NSi/c1-10-19(7)23(16-24,20(8)11-2)21-13-12-14-22(15-21)25(9,17(3)4)18(5)6/h12-15,17-20H,10-11H2,1-9H3. The van der Waals surface area contributed by atoms with Gasteiger partial charge in [-0.25, -0.2) is 0 Å². The molecule has 0 saturated carbocycles. The molecule has 2 atom stereocenters. The molecule has 0 aliphatic carbocycles. The summed E-state index contributed by atoms with van der Waals surface area (Å²) < 4.78 is 0. The molecule has 1 rings (SSSR count). The van der Waals surface area contributed by atoms with Crippen molar-refractivity contribution in [1.29, 1.82) is 5.26 Å². The van der Waals surface area contributed by atoms with Gasteiger partial charge in [-0.05, 0) is 28.5 Å². The summed E-state index contributed by atoms with van der Waals surface area (Å²) in [6, 6.07) is 11.9. The van der Waals surface area contributed by atoms with Gasteiger partial charge in [0.25, 0.3) is 0 Å². The zero-order valence-electron chi connectivity index (χ0n) is 18.0. The number of benzene rings is 1. The molecule has 0 N–H and O–H groups in total. The first kappa shape index (κ1) is 22.0. The van der Waals surface area contributed by atoms with E-state index in [-0.39, 0.29) is 5.41 Å². The van der Waals surface area contributed by atoms with Crippen LogP contribution in [0.4, 0.5) is 0 Å². The third kappa shape index (κ3) is 3.72. The maximum Gasteiger partial charge on any atom is 0.0887 e. The van der Waals surface area contributed by atoms with Crippen LogP contribution in [0, 0.1) is 23.2 Å². The highest BCUT2D eigenvalue weighted by Gasteiger charge is 2.43. The molecule has 25 heavy (non-hydrogen) atoms. The van der Waals surface area contributed by atoms with Gasteiger partial charge in [0, 0.05) is 0 Å². The number of nitriles is 1. The summed E-state index contributed by atoms with van der Waals surface area (Å²) in [4.78, 5) is 0. The molecule has 0 amide bonds. The van der Waals surface area contributed by atoms with Gasteiger partial charge in [-0.2, -0.15) is 5.26 Å². The van der Waals surface area contributed by atoms with Crippen molar-refractivity contribution in [2.45, 2.75) is 91.3 Å². The second kappa shape index (κ2) is 8.54. The molecule has 0 bridgehead atoms. The molecule has 1 nitrogen and oxygen atoms in total. The lowest BCUT2D eigenvalue weighted by Gasteiger charge is -2.40. The Hall–Kier alpha value is -1.07. The normalized spacial score (nSPS) is 17.2. The van der Waals surface area contributed by atoms with Gasteiger partial charge in [-0.1, -0.05) is 104 Å². The first-order valence-electron chi connectivity index (χ1n) is 10.1. The molecule has 0 fully saturated rings. The van der Waals surface area contributed by atoms with E-state index >= 15 is 0 Å². The lowest BCUT2D eigenvalue weighted by molar-refractivity contribution is 0.248. The monoisotopic (exact) mass is 357 g/mol. The molecule has 0 aliphatic rings. The minimum atomic E-state index is -1.60. The molecule has 0 heterocycles. The Labute approximate surface area is 157 Å². The van der Waals surface area contributed by atoms with Crippen LogP contribution >= 0.6 is 0 Å². The van der Waals surface area contributed by atoms with Crippen LogP contribution in [0.5, 0.6) is 0 Å². The van der Waals surface area contributed by atoms with Crippen molar-refractivity contribution in [2.24, 2.45) is 11.8 Å². The summed E-state index contributed by atoms with van der Waals surface area (Å²) in [5, 5.41) is 11.8. The van der Waals surface area contributed by atoms with Crippen molar-refractivity contribution in [1.82, 2.24) is 0 Å². The van der Waals surface area contributed by atoms with Gasteiger partial charge in [0.2, 0.25) is 0 Å². The third-order valence-electron chi connectivity index (χ3n) is 7.33. The van der Waals surface area contributed by atoms with E-state index in [4.69, 9.17) is 0 Å². The van der Waals surface area contributed by atoms with Gasteiger partial charge < -0.3 is 0 Å². The van der Waals surface area contributed by atoms with Gasteiger partial charge in [0.05, 0.1) is 19.6 Å². The summed E-state index contributed by atoms with van der Waals surface area (Å²) in [6.45, 7) is 20.9. The molecular weight excluding hydrogens is 318 g/mol. The fourth-order valence-electron chi connectivity index (χ4n) is 4.43. The summed E-state index contributed by atoms with van der Waals surface area (Å²) in [7, 11) is -1.60. The van der Waals surface area contributed by atoms with E-state index in [1.54, 1.807) is 0 Å². The Balaban J connectivity index is 3.64. The van der Waals surface area contributed by atoms with Gasteiger partial charge in [0.15, 0.2) is 0 Å². The highest BCUT2D eigenvalue weighted by molar-refractivity contribution is 6.92. The molecule has 2 heteroatoms. The minimum absolute atomic E-state index is 0.355. The second-order valence-corrected chi connectivity index (χ2v) is 14.2. The second-order valence-electron chi connectivity index (χ2n) is 8.77. The van der Waals surface area contributed by atoms with E-state index in [9.17, 15) is 5.26 Å². The Bertz CT molecular complexity index is 578. The first-order chi connectivity index (χ1) is 11.6. The van der Waals surface area contributed by atoms with Crippen LogP contribution in [0.2, 0.25) is 17.6 Å². The van der Waals surface area contributed by atoms with E-state index in [2.05, 4.69) is 92.3 Å². The van der Waals surface area contributed by atoms with Crippen molar-refractivity contribution in [3.8, 4) is 6.07 Å². The maximum atomic E-state index is 10.3. The molecule has 2 unspecified atom stereocenters. The SMILES string of the molecule is CCC(C)C(C#N)(c1cccc([Si](C)(C(C)C)C(C)C)c1)C(C)CC. The predicted molar refractivity (Wildman–Crippen MR) is 114 cm³/mol. The minimum Gasteiger partial charge on any atom is -0.197 e. The average molecular weight is 358 g/mol. The summed E-state index contributed by atoms with van der Waals surface area (Å²) in [5.74, 6) is 0.711. The van der Waals surface area contributed by atoms with Crippen LogP contribution in [0.1, 0.15) is 73.8 Å². The summed E-state index contributed by atoms with van der Waals surface area (Å²) in [6.07, 6.45) is 2.07. The molecule has 0 aliphatic heterocycles. The van der Waals surface area contributed by atoms with E-state index in [1.165, 1.54) is 10.8 Å². The number of hydrogen-bond acceptors (Lipinski definition) is 1. The zero-order valence-corrected chi connectivity index (χ0v) is 19.0. The average Bonchev–Trinajstić information content (AvgIpc) is 2.61. The lowest BCUT2D eigenvalue weighted by Crippen LogP contribution is -2.51. The Kier molecular flexibility index (Phi) is 7.50. The van der Waals surface area contributed by atoms with E-state index in [0.29, 0.717) is 22.9 Å². The molecule has 0 radical (unpaired) electrons. The number of hydrogen-bond donors (Lipinski definition) is 0.